The smallest absolute Gasteiger partial charge is 0.0662 e. The molecule has 1 aromatic rings. The number of ether oxygens (including phenoxy) is 1. The lowest BCUT2D eigenvalue weighted by Gasteiger charge is -2.24. The van der Waals surface area contributed by atoms with Gasteiger partial charge in [0.15, 0.2) is 0 Å². The third-order valence-corrected chi connectivity index (χ3v) is 3.31. The van der Waals surface area contributed by atoms with Crippen molar-refractivity contribution in [3.05, 3.63) is 35.4 Å². The van der Waals surface area contributed by atoms with Gasteiger partial charge in [-0.25, -0.2) is 0 Å². The van der Waals surface area contributed by atoms with Crippen LogP contribution in [0.2, 0.25) is 0 Å². The third kappa shape index (κ3) is 2.06. The number of rotatable bonds is 2. The normalized spacial score (nSPS) is 26.5. The molecule has 2 fully saturated rings. The van der Waals surface area contributed by atoms with Crippen molar-refractivity contribution in [1.82, 2.24) is 5.32 Å². The molecule has 0 radical (unpaired) electrons. The van der Waals surface area contributed by atoms with Gasteiger partial charge >= 0.3 is 0 Å². The Balaban J connectivity index is 1.73. The Kier molecular flexibility index (Phi) is 2.47. The average molecular weight is 203 g/mol. The van der Waals surface area contributed by atoms with E-state index >= 15 is 0 Å². The fourth-order valence-electron chi connectivity index (χ4n) is 2.20. The van der Waals surface area contributed by atoms with Gasteiger partial charge in [-0.3, -0.25) is 0 Å². The lowest BCUT2D eigenvalue weighted by molar-refractivity contribution is 0.0769. The van der Waals surface area contributed by atoms with Gasteiger partial charge in [0.1, 0.15) is 0 Å². The third-order valence-electron chi connectivity index (χ3n) is 3.31. The summed E-state index contributed by atoms with van der Waals surface area (Å²) in [7, 11) is 0. The van der Waals surface area contributed by atoms with E-state index in [1.165, 1.54) is 24.0 Å². The second-order valence-corrected chi connectivity index (χ2v) is 4.52. The van der Waals surface area contributed by atoms with Crippen molar-refractivity contribution in [2.45, 2.75) is 24.8 Å². The standard InChI is InChI=1S/C13H17NO/c1-2-10(1)11-3-5-12(6-4-11)13-9-15-8-7-14-13/h3-6,10,13-14H,1-2,7-9H2. The lowest BCUT2D eigenvalue weighted by atomic mass is 10.0. The second kappa shape index (κ2) is 3.95. The van der Waals surface area contributed by atoms with Crippen molar-refractivity contribution in [1.29, 1.82) is 0 Å². The van der Waals surface area contributed by atoms with E-state index < -0.39 is 0 Å². The summed E-state index contributed by atoms with van der Waals surface area (Å²) in [6.45, 7) is 2.62. The van der Waals surface area contributed by atoms with Crippen molar-refractivity contribution in [2.75, 3.05) is 19.8 Å². The van der Waals surface area contributed by atoms with Crippen LogP contribution in [0.3, 0.4) is 0 Å². The van der Waals surface area contributed by atoms with E-state index in [0.29, 0.717) is 6.04 Å². The topological polar surface area (TPSA) is 21.3 Å². The first-order chi connectivity index (χ1) is 7.43. The molecule has 80 valence electrons. The Bertz CT molecular complexity index is 323. The Labute approximate surface area is 90.6 Å². The van der Waals surface area contributed by atoms with Crippen LogP contribution in [0.15, 0.2) is 24.3 Å². The fraction of sp³-hybridized carbons (Fsp3) is 0.538. The number of hydrogen-bond donors (Lipinski definition) is 1. The summed E-state index contributed by atoms with van der Waals surface area (Å²) in [6, 6.07) is 9.46. The molecule has 1 atom stereocenters. The Morgan fingerprint density at radius 1 is 1.07 bits per heavy atom. The van der Waals surface area contributed by atoms with Crippen molar-refractivity contribution in [3.63, 3.8) is 0 Å². The minimum Gasteiger partial charge on any atom is -0.378 e. The van der Waals surface area contributed by atoms with E-state index in [2.05, 4.69) is 29.6 Å². The predicted molar refractivity (Wildman–Crippen MR) is 60.0 cm³/mol. The van der Waals surface area contributed by atoms with E-state index in [-0.39, 0.29) is 0 Å². The van der Waals surface area contributed by atoms with Crippen molar-refractivity contribution in [2.24, 2.45) is 0 Å². The van der Waals surface area contributed by atoms with E-state index in [9.17, 15) is 0 Å². The number of benzene rings is 1. The molecule has 0 bridgehead atoms. The molecule has 0 aromatic heterocycles. The summed E-state index contributed by atoms with van der Waals surface area (Å²) < 4.78 is 5.46. The maximum atomic E-state index is 5.46. The molecule has 0 amide bonds. The maximum absolute atomic E-state index is 5.46. The van der Waals surface area contributed by atoms with Crippen molar-refractivity contribution >= 4 is 0 Å². The summed E-state index contributed by atoms with van der Waals surface area (Å²) in [5, 5.41) is 3.47. The molecule has 1 N–H and O–H groups in total. The van der Waals surface area contributed by atoms with Crippen molar-refractivity contribution < 1.29 is 4.74 Å². The van der Waals surface area contributed by atoms with Crippen LogP contribution in [0, 0.1) is 0 Å². The largest absolute Gasteiger partial charge is 0.378 e. The highest BCUT2D eigenvalue weighted by molar-refractivity contribution is 5.29. The number of nitrogens with one attached hydrogen (secondary N) is 1. The van der Waals surface area contributed by atoms with Gasteiger partial charge < -0.3 is 10.1 Å². The zero-order valence-electron chi connectivity index (χ0n) is 8.91. The van der Waals surface area contributed by atoms with E-state index in [4.69, 9.17) is 4.74 Å². The summed E-state index contributed by atoms with van der Waals surface area (Å²) >= 11 is 0. The molecule has 1 unspecified atom stereocenters. The van der Waals surface area contributed by atoms with Crippen LogP contribution >= 0.6 is 0 Å². The molecular formula is C13H17NO. The molecule has 1 saturated carbocycles. The van der Waals surface area contributed by atoms with Crippen LogP contribution in [0.5, 0.6) is 0 Å². The van der Waals surface area contributed by atoms with Gasteiger partial charge in [0, 0.05) is 6.54 Å². The number of hydrogen-bond acceptors (Lipinski definition) is 2. The van der Waals surface area contributed by atoms with E-state index in [0.717, 1.165) is 25.7 Å². The molecule has 3 rings (SSSR count). The molecule has 2 nitrogen and oxygen atoms in total. The Hall–Kier alpha value is -0.860. The maximum Gasteiger partial charge on any atom is 0.0662 e. The quantitative estimate of drug-likeness (QED) is 0.795. The summed E-state index contributed by atoms with van der Waals surface area (Å²) in [5.74, 6) is 0.856. The predicted octanol–water partition coefficient (Wildman–Crippen LogP) is 2.22. The Morgan fingerprint density at radius 2 is 1.80 bits per heavy atom. The SMILES string of the molecule is c1cc(C2COCCN2)ccc1C1CC1. The monoisotopic (exact) mass is 203 g/mol. The van der Waals surface area contributed by atoms with Crippen molar-refractivity contribution in [3.8, 4) is 0 Å². The van der Waals surface area contributed by atoms with Gasteiger partial charge in [-0.2, -0.15) is 0 Å². The minimum atomic E-state index is 0.395. The molecule has 2 aliphatic rings. The van der Waals surface area contributed by atoms with Crippen LogP contribution in [-0.2, 0) is 4.74 Å². The van der Waals surface area contributed by atoms with Gasteiger partial charge in [0.25, 0.3) is 0 Å². The lowest BCUT2D eigenvalue weighted by Crippen LogP contribution is -2.34. The number of morpholine rings is 1. The Morgan fingerprint density at radius 3 is 2.40 bits per heavy atom. The molecule has 15 heavy (non-hydrogen) atoms. The van der Waals surface area contributed by atoms with Gasteiger partial charge in [-0.15, -0.1) is 0 Å². The molecule has 1 saturated heterocycles. The molecule has 2 heteroatoms. The van der Waals surface area contributed by atoms with Gasteiger partial charge in [-0.1, -0.05) is 24.3 Å². The molecule has 1 aliphatic carbocycles. The van der Waals surface area contributed by atoms with Gasteiger partial charge in [0.2, 0.25) is 0 Å². The first kappa shape index (κ1) is 9.37. The first-order valence-corrected chi connectivity index (χ1v) is 5.84. The molecule has 1 heterocycles. The zero-order valence-corrected chi connectivity index (χ0v) is 8.91. The summed E-state index contributed by atoms with van der Waals surface area (Å²) in [4.78, 5) is 0. The molecular weight excluding hydrogens is 186 g/mol. The van der Waals surface area contributed by atoms with Gasteiger partial charge in [0.05, 0.1) is 19.3 Å². The highest BCUT2D eigenvalue weighted by Crippen LogP contribution is 2.40. The minimum absolute atomic E-state index is 0.395. The van der Waals surface area contributed by atoms with E-state index in [1.54, 1.807) is 0 Å². The molecule has 0 spiro atoms. The zero-order chi connectivity index (χ0) is 10.1. The molecule has 1 aromatic carbocycles. The average Bonchev–Trinajstić information content (AvgIpc) is 3.15. The van der Waals surface area contributed by atoms with E-state index in [1.807, 2.05) is 0 Å². The summed E-state index contributed by atoms with van der Waals surface area (Å²) in [5.41, 5.74) is 2.87. The van der Waals surface area contributed by atoms with Crippen LogP contribution in [0.4, 0.5) is 0 Å². The molecule has 1 aliphatic heterocycles. The second-order valence-electron chi connectivity index (χ2n) is 4.52. The van der Waals surface area contributed by atoms with Crippen LogP contribution in [-0.4, -0.2) is 19.8 Å². The van der Waals surface area contributed by atoms with Crippen LogP contribution in [0.25, 0.3) is 0 Å². The van der Waals surface area contributed by atoms with Crippen LogP contribution in [0.1, 0.15) is 35.9 Å². The highest BCUT2D eigenvalue weighted by atomic mass is 16.5. The highest BCUT2D eigenvalue weighted by Gasteiger charge is 2.23. The fourth-order valence-corrected chi connectivity index (χ4v) is 2.20. The van der Waals surface area contributed by atoms with Gasteiger partial charge in [-0.05, 0) is 29.9 Å². The first-order valence-electron chi connectivity index (χ1n) is 5.84. The van der Waals surface area contributed by atoms with Crippen LogP contribution < -0.4 is 5.32 Å². The summed E-state index contributed by atoms with van der Waals surface area (Å²) in [6.07, 6.45) is 2.76.